The monoisotopic (exact) mass is 412 g/mol. The molecule has 0 spiro atoms. The molecular weight excluding hydrogens is 403 g/mol. The average Bonchev–Trinajstić information content (AvgIpc) is 2.99. The average molecular weight is 413 g/mol. The van der Waals surface area contributed by atoms with Crippen LogP contribution >= 0.6 is 27.3 Å². The van der Waals surface area contributed by atoms with E-state index >= 15 is 0 Å². The van der Waals surface area contributed by atoms with Gasteiger partial charge in [0, 0.05) is 0 Å². The molecule has 0 atom stereocenters. The third kappa shape index (κ3) is 5.04. The van der Waals surface area contributed by atoms with Crippen molar-refractivity contribution in [1.29, 1.82) is 5.26 Å². The summed E-state index contributed by atoms with van der Waals surface area (Å²) in [5.74, 6) is -1.49. The van der Waals surface area contributed by atoms with Crippen molar-refractivity contribution in [2.45, 2.75) is 0 Å². The van der Waals surface area contributed by atoms with Crippen molar-refractivity contribution in [2.24, 2.45) is 0 Å². The van der Waals surface area contributed by atoms with Crippen LogP contribution in [0, 0.1) is 17.1 Å². The third-order valence-electron chi connectivity index (χ3n) is 2.64. The molecule has 2 aromatic rings. The van der Waals surface area contributed by atoms with Crippen LogP contribution in [-0.4, -0.2) is 25.1 Å². The van der Waals surface area contributed by atoms with Gasteiger partial charge in [-0.2, -0.15) is 5.26 Å². The van der Waals surface area contributed by atoms with Gasteiger partial charge in [0.05, 0.1) is 10.0 Å². The number of ether oxygens (including phenoxy) is 2. The Balaban J connectivity index is 1.76. The summed E-state index contributed by atoms with van der Waals surface area (Å²) in [5.41, 5.74) is 0.337. The molecule has 9 heteroatoms. The first-order valence-electron chi connectivity index (χ1n) is 6.50. The Morgan fingerprint density at radius 2 is 2.12 bits per heavy atom. The van der Waals surface area contributed by atoms with Gasteiger partial charge in [-0.05, 0) is 45.6 Å². The fourth-order valence-electron chi connectivity index (χ4n) is 1.57. The predicted molar refractivity (Wildman–Crippen MR) is 88.2 cm³/mol. The zero-order valence-electron chi connectivity index (χ0n) is 12.0. The Hall–Kier alpha value is -2.44. The van der Waals surface area contributed by atoms with Gasteiger partial charge < -0.3 is 14.8 Å². The van der Waals surface area contributed by atoms with Gasteiger partial charge in [-0.15, -0.1) is 11.3 Å². The molecule has 124 valence electrons. The van der Waals surface area contributed by atoms with Gasteiger partial charge in [0.1, 0.15) is 22.6 Å². The van der Waals surface area contributed by atoms with E-state index in [1.165, 1.54) is 29.5 Å². The summed E-state index contributed by atoms with van der Waals surface area (Å²) in [7, 11) is 0. The SMILES string of the molecule is N#Cc1ccsc1NC(=O)COC(=O)COc1ccc(F)cc1Br. The summed E-state index contributed by atoms with van der Waals surface area (Å²) in [4.78, 5) is 23.2. The van der Waals surface area contributed by atoms with Gasteiger partial charge in [-0.3, -0.25) is 4.79 Å². The van der Waals surface area contributed by atoms with Crippen LogP contribution in [0.3, 0.4) is 0 Å². The normalized spacial score (nSPS) is 9.88. The summed E-state index contributed by atoms with van der Waals surface area (Å²) < 4.78 is 23.2. The van der Waals surface area contributed by atoms with Gasteiger partial charge in [-0.25, -0.2) is 9.18 Å². The highest BCUT2D eigenvalue weighted by atomic mass is 79.9. The van der Waals surface area contributed by atoms with Crippen molar-refractivity contribution < 1.29 is 23.5 Å². The van der Waals surface area contributed by atoms with E-state index in [0.717, 1.165) is 0 Å². The van der Waals surface area contributed by atoms with Gasteiger partial charge in [-0.1, -0.05) is 0 Å². The first-order chi connectivity index (χ1) is 11.5. The molecule has 0 unspecified atom stereocenters. The quantitative estimate of drug-likeness (QED) is 0.736. The number of hydrogen-bond acceptors (Lipinski definition) is 6. The molecule has 0 bridgehead atoms. The number of nitrogens with zero attached hydrogens (tertiary/aromatic N) is 1. The molecule has 1 amide bonds. The zero-order chi connectivity index (χ0) is 17.5. The van der Waals surface area contributed by atoms with Crippen LogP contribution in [0.1, 0.15) is 5.56 Å². The molecule has 0 radical (unpaired) electrons. The summed E-state index contributed by atoms with van der Waals surface area (Å²) in [6, 6.07) is 7.24. The van der Waals surface area contributed by atoms with Gasteiger partial charge in [0.25, 0.3) is 5.91 Å². The number of hydrogen-bond donors (Lipinski definition) is 1. The first-order valence-corrected chi connectivity index (χ1v) is 8.18. The van der Waals surface area contributed by atoms with E-state index in [1.807, 2.05) is 6.07 Å². The van der Waals surface area contributed by atoms with E-state index in [1.54, 1.807) is 11.4 Å². The van der Waals surface area contributed by atoms with Crippen LogP contribution in [0.15, 0.2) is 34.1 Å². The van der Waals surface area contributed by atoms with E-state index < -0.39 is 30.9 Å². The minimum absolute atomic E-state index is 0.273. The number of rotatable bonds is 6. The largest absolute Gasteiger partial charge is 0.481 e. The molecular formula is C15H10BrFN2O4S. The standard InChI is InChI=1S/C15H10BrFN2O4S/c16-11-5-10(17)1-2-12(11)22-8-14(21)23-7-13(20)19-15-9(6-18)3-4-24-15/h1-5H,7-8H2,(H,19,20). The number of halogens is 2. The number of nitriles is 1. The number of thiophene rings is 1. The maximum absolute atomic E-state index is 12.9. The molecule has 1 heterocycles. The molecule has 24 heavy (non-hydrogen) atoms. The van der Waals surface area contributed by atoms with Crippen molar-refractivity contribution in [3.05, 3.63) is 45.5 Å². The van der Waals surface area contributed by atoms with Crippen LogP contribution in [0.25, 0.3) is 0 Å². The number of nitrogens with one attached hydrogen (secondary N) is 1. The minimum atomic E-state index is -0.756. The lowest BCUT2D eigenvalue weighted by Gasteiger charge is -2.08. The molecule has 6 nitrogen and oxygen atoms in total. The summed E-state index contributed by atoms with van der Waals surface area (Å²) in [6.07, 6.45) is 0. The maximum Gasteiger partial charge on any atom is 0.344 e. The Morgan fingerprint density at radius 3 is 2.83 bits per heavy atom. The molecule has 2 rings (SSSR count). The smallest absolute Gasteiger partial charge is 0.344 e. The fourth-order valence-corrected chi connectivity index (χ4v) is 2.79. The van der Waals surface area contributed by atoms with Crippen molar-refractivity contribution in [1.82, 2.24) is 0 Å². The molecule has 0 saturated heterocycles. The Morgan fingerprint density at radius 1 is 1.33 bits per heavy atom. The van der Waals surface area contributed by atoms with E-state index in [9.17, 15) is 14.0 Å². The third-order valence-corrected chi connectivity index (χ3v) is 4.09. The second-order valence-electron chi connectivity index (χ2n) is 4.35. The lowest BCUT2D eigenvalue weighted by molar-refractivity contribution is -0.149. The number of esters is 1. The first kappa shape index (κ1) is 17.9. The van der Waals surface area contributed by atoms with Crippen LogP contribution in [0.2, 0.25) is 0 Å². The molecule has 0 saturated carbocycles. The number of carbonyl (C=O) groups is 2. The summed E-state index contributed by atoms with van der Waals surface area (Å²) in [6.45, 7) is -0.935. The highest BCUT2D eigenvalue weighted by molar-refractivity contribution is 9.10. The van der Waals surface area contributed by atoms with E-state index in [2.05, 4.69) is 21.2 Å². The van der Waals surface area contributed by atoms with E-state index in [0.29, 0.717) is 15.0 Å². The van der Waals surface area contributed by atoms with Crippen LogP contribution < -0.4 is 10.1 Å². The molecule has 0 aliphatic carbocycles. The van der Waals surface area contributed by atoms with Crippen molar-refractivity contribution >= 4 is 44.1 Å². The number of anilines is 1. The molecule has 0 fully saturated rings. The van der Waals surface area contributed by atoms with Crippen molar-refractivity contribution in [3.63, 3.8) is 0 Å². The zero-order valence-corrected chi connectivity index (χ0v) is 14.4. The maximum atomic E-state index is 12.9. The summed E-state index contributed by atoms with van der Waals surface area (Å²) in [5, 5.41) is 13.4. The molecule has 1 aromatic carbocycles. The minimum Gasteiger partial charge on any atom is -0.481 e. The van der Waals surface area contributed by atoms with Crippen molar-refractivity contribution in [3.8, 4) is 11.8 Å². The topological polar surface area (TPSA) is 88.4 Å². The predicted octanol–water partition coefficient (Wildman–Crippen LogP) is 3.08. The molecule has 0 aliphatic rings. The number of benzene rings is 1. The lowest BCUT2D eigenvalue weighted by Crippen LogP contribution is -2.23. The number of carbonyl (C=O) groups excluding carboxylic acids is 2. The highest BCUT2D eigenvalue weighted by Crippen LogP contribution is 2.25. The Kier molecular flexibility index (Phi) is 6.28. The molecule has 1 N–H and O–H groups in total. The molecule has 0 aliphatic heterocycles. The van der Waals surface area contributed by atoms with E-state index in [4.69, 9.17) is 14.7 Å². The van der Waals surface area contributed by atoms with Crippen molar-refractivity contribution in [2.75, 3.05) is 18.5 Å². The van der Waals surface area contributed by atoms with Gasteiger partial charge in [0.2, 0.25) is 0 Å². The van der Waals surface area contributed by atoms with Gasteiger partial charge >= 0.3 is 5.97 Å². The van der Waals surface area contributed by atoms with E-state index in [-0.39, 0.29) is 5.75 Å². The highest BCUT2D eigenvalue weighted by Gasteiger charge is 2.12. The Labute approximate surface area is 148 Å². The lowest BCUT2D eigenvalue weighted by atomic mass is 10.3. The Bertz CT molecular complexity index is 803. The second kappa shape index (κ2) is 8.42. The summed E-state index contributed by atoms with van der Waals surface area (Å²) >= 11 is 4.29. The number of amides is 1. The second-order valence-corrected chi connectivity index (χ2v) is 6.12. The van der Waals surface area contributed by atoms with Gasteiger partial charge in [0.15, 0.2) is 13.2 Å². The van der Waals surface area contributed by atoms with Crippen LogP contribution in [0.5, 0.6) is 5.75 Å². The molecule has 1 aromatic heterocycles. The fraction of sp³-hybridized carbons (Fsp3) is 0.133. The van der Waals surface area contributed by atoms with Crippen LogP contribution in [0.4, 0.5) is 9.39 Å². The van der Waals surface area contributed by atoms with Crippen LogP contribution in [-0.2, 0) is 14.3 Å².